The number of fused-ring (bicyclic) bond motifs is 1. The molecule has 0 unspecified atom stereocenters. The Morgan fingerprint density at radius 3 is 2.88 bits per heavy atom. The van der Waals surface area contributed by atoms with Crippen LogP contribution in [0, 0.1) is 0 Å². The minimum Gasteiger partial charge on any atom is -0.376 e. The molecule has 0 saturated carbocycles. The molecule has 0 N–H and O–H groups in total. The first-order valence-corrected chi connectivity index (χ1v) is 5.70. The molecule has 2 nitrogen and oxygen atoms in total. The molecule has 2 heteroatoms. The number of carbonyl (C=O) groups excluding carboxylic acids is 1. The number of hydrogen-bond donors (Lipinski definition) is 0. The number of ketones is 1. The number of ether oxygens (including phenoxy) is 1. The minimum atomic E-state index is -0.0603. The van der Waals surface area contributed by atoms with E-state index in [2.05, 4.69) is 12.1 Å². The second-order valence-electron chi connectivity index (χ2n) is 4.52. The minimum absolute atomic E-state index is 0.0346. The summed E-state index contributed by atoms with van der Waals surface area (Å²) in [5, 5.41) is 0. The first kappa shape index (κ1) is 9.79. The van der Waals surface area contributed by atoms with E-state index in [1.54, 1.807) is 6.08 Å². The molecule has 1 heterocycles. The van der Waals surface area contributed by atoms with Crippen LogP contribution in [-0.2, 0) is 14.9 Å². The second kappa shape index (κ2) is 3.56. The molecule has 2 atom stereocenters. The summed E-state index contributed by atoms with van der Waals surface area (Å²) in [4.78, 5) is 11.4. The Morgan fingerprint density at radius 1 is 1.25 bits per heavy atom. The van der Waals surface area contributed by atoms with E-state index in [4.69, 9.17) is 4.74 Å². The van der Waals surface area contributed by atoms with Gasteiger partial charge < -0.3 is 4.74 Å². The molecule has 1 aromatic carbocycles. The monoisotopic (exact) mass is 214 g/mol. The highest BCUT2D eigenvalue weighted by atomic mass is 16.5. The summed E-state index contributed by atoms with van der Waals surface area (Å²) in [6.07, 6.45) is 5.30. The molecule has 3 rings (SSSR count). The topological polar surface area (TPSA) is 26.3 Å². The molecule has 0 amide bonds. The number of hydrogen-bond acceptors (Lipinski definition) is 2. The third kappa shape index (κ3) is 1.34. The second-order valence-corrected chi connectivity index (χ2v) is 4.52. The highest BCUT2D eigenvalue weighted by Crippen LogP contribution is 2.43. The Hall–Kier alpha value is -1.41. The first-order valence-electron chi connectivity index (χ1n) is 5.70. The van der Waals surface area contributed by atoms with Gasteiger partial charge in [0.15, 0.2) is 5.78 Å². The smallest absolute Gasteiger partial charge is 0.158 e. The van der Waals surface area contributed by atoms with Gasteiger partial charge in [0.1, 0.15) is 0 Å². The van der Waals surface area contributed by atoms with Crippen LogP contribution in [0.5, 0.6) is 0 Å². The van der Waals surface area contributed by atoms with E-state index in [9.17, 15) is 4.79 Å². The molecule has 1 aliphatic carbocycles. The summed E-state index contributed by atoms with van der Waals surface area (Å²) in [6.45, 7) is 0.747. The molecule has 0 aromatic heterocycles. The van der Waals surface area contributed by atoms with Crippen LogP contribution in [0.4, 0.5) is 0 Å². The molecular weight excluding hydrogens is 200 g/mol. The van der Waals surface area contributed by atoms with Crippen LogP contribution >= 0.6 is 0 Å². The summed E-state index contributed by atoms with van der Waals surface area (Å²) >= 11 is 0. The van der Waals surface area contributed by atoms with Crippen molar-refractivity contribution in [3.05, 3.63) is 48.0 Å². The van der Waals surface area contributed by atoms with Crippen LogP contribution in [0.15, 0.2) is 42.5 Å². The molecule has 1 saturated heterocycles. The lowest BCUT2D eigenvalue weighted by molar-refractivity contribution is -0.117. The zero-order chi connectivity index (χ0) is 11.0. The fourth-order valence-corrected chi connectivity index (χ4v) is 2.78. The van der Waals surface area contributed by atoms with Gasteiger partial charge in [-0.3, -0.25) is 4.79 Å². The zero-order valence-electron chi connectivity index (χ0n) is 9.06. The van der Waals surface area contributed by atoms with Crippen LogP contribution in [-0.4, -0.2) is 18.5 Å². The number of rotatable bonds is 1. The number of allylic oxidation sites excluding steroid dienone is 1. The predicted molar refractivity (Wildman–Crippen MR) is 61.2 cm³/mol. The first-order chi connectivity index (χ1) is 7.81. The predicted octanol–water partition coefficient (Wildman–Crippen LogP) is 2.24. The van der Waals surface area contributed by atoms with Crippen molar-refractivity contribution in [1.82, 2.24) is 0 Å². The largest absolute Gasteiger partial charge is 0.376 e. The molecule has 2 aliphatic rings. The van der Waals surface area contributed by atoms with E-state index in [1.165, 1.54) is 5.56 Å². The van der Waals surface area contributed by atoms with Gasteiger partial charge >= 0.3 is 0 Å². The van der Waals surface area contributed by atoms with Crippen molar-refractivity contribution in [2.24, 2.45) is 0 Å². The van der Waals surface area contributed by atoms with E-state index < -0.39 is 0 Å². The third-order valence-electron chi connectivity index (χ3n) is 3.67. The maximum absolute atomic E-state index is 11.4. The Bertz CT molecular complexity index is 435. The number of carbonyl (C=O) groups is 1. The average molecular weight is 214 g/mol. The summed E-state index contributed by atoms with van der Waals surface area (Å²) in [7, 11) is 0. The Morgan fingerprint density at radius 2 is 2.06 bits per heavy atom. The van der Waals surface area contributed by atoms with E-state index in [0.717, 1.165) is 13.0 Å². The summed E-state index contributed by atoms with van der Waals surface area (Å²) < 4.78 is 5.71. The van der Waals surface area contributed by atoms with Gasteiger partial charge in [0.05, 0.1) is 6.10 Å². The highest BCUT2D eigenvalue weighted by molar-refractivity contribution is 5.91. The van der Waals surface area contributed by atoms with Gasteiger partial charge in [-0.1, -0.05) is 36.4 Å². The van der Waals surface area contributed by atoms with Gasteiger partial charge in [-0.2, -0.15) is 0 Å². The van der Waals surface area contributed by atoms with Crippen molar-refractivity contribution in [1.29, 1.82) is 0 Å². The van der Waals surface area contributed by atoms with Crippen molar-refractivity contribution in [3.63, 3.8) is 0 Å². The Balaban J connectivity index is 2.09. The Kier molecular flexibility index (Phi) is 2.18. The summed E-state index contributed by atoms with van der Waals surface area (Å²) in [5.74, 6) is 0.179. The maximum atomic E-state index is 11.4. The Labute approximate surface area is 94.9 Å². The highest BCUT2D eigenvalue weighted by Gasteiger charge is 2.46. The lowest BCUT2D eigenvalue weighted by Gasteiger charge is -2.33. The summed E-state index contributed by atoms with van der Waals surface area (Å²) in [6, 6.07) is 10.4. The van der Waals surface area contributed by atoms with Gasteiger partial charge in [-0.15, -0.1) is 0 Å². The van der Waals surface area contributed by atoms with Crippen LogP contribution in [0.1, 0.15) is 18.4 Å². The average Bonchev–Trinajstić information content (AvgIpc) is 2.74. The zero-order valence-corrected chi connectivity index (χ0v) is 9.06. The SMILES string of the molecule is O=C1C=C[C@@]2(c3ccccc3)CCO[C@H]2C1. The van der Waals surface area contributed by atoms with Crippen molar-refractivity contribution >= 4 is 5.78 Å². The molecule has 1 aromatic rings. The van der Waals surface area contributed by atoms with Gasteiger partial charge in [-0.05, 0) is 18.1 Å². The lowest BCUT2D eigenvalue weighted by Crippen LogP contribution is -2.38. The van der Waals surface area contributed by atoms with Crippen LogP contribution in [0.2, 0.25) is 0 Å². The van der Waals surface area contributed by atoms with E-state index >= 15 is 0 Å². The molecule has 1 fully saturated rings. The molecular formula is C14H14O2. The molecule has 0 spiro atoms. The molecule has 82 valence electrons. The van der Waals surface area contributed by atoms with E-state index in [0.29, 0.717) is 6.42 Å². The quantitative estimate of drug-likeness (QED) is 0.716. The van der Waals surface area contributed by atoms with Gasteiger partial charge in [0.25, 0.3) is 0 Å². The van der Waals surface area contributed by atoms with E-state index in [1.807, 2.05) is 24.3 Å². The molecule has 1 aliphatic heterocycles. The van der Waals surface area contributed by atoms with Gasteiger partial charge in [-0.25, -0.2) is 0 Å². The molecule has 16 heavy (non-hydrogen) atoms. The van der Waals surface area contributed by atoms with Crippen LogP contribution in [0.25, 0.3) is 0 Å². The molecule has 0 radical (unpaired) electrons. The standard InChI is InChI=1S/C14H14O2/c15-12-6-7-14(8-9-16-13(14)10-12)11-4-2-1-3-5-11/h1-7,13H,8-10H2/t13-,14-/m0/s1. The fraction of sp³-hybridized carbons (Fsp3) is 0.357. The van der Waals surface area contributed by atoms with Gasteiger partial charge in [0.2, 0.25) is 0 Å². The van der Waals surface area contributed by atoms with Crippen LogP contribution < -0.4 is 0 Å². The number of benzene rings is 1. The van der Waals surface area contributed by atoms with Gasteiger partial charge in [0, 0.05) is 18.4 Å². The van der Waals surface area contributed by atoms with E-state index in [-0.39, 0.29) is 17.3 Å². The van der Waals surface area contributed by atoms with Crippen molar-refractivity contribution in [2.45, 2.75) is 24.4 Å². The maximum Gasteiger partial charge on any atom is 0.158 e. The summed E-state index contributed by atoms with van der Waals surface area (Å²) in [5.41, 5.74) is 1.20. The van der Waals surface area contributed by atoms with Crippen molar-refractivity contribution in [2.75, 3.05) is 6.61 Å². The normalized spacial score (nSPS) is 32.8. The fourth-order valence-electron chi connectivity index (χ4n) is 2.78. The molecule has 0 bridgehead atoms. The lowest BCUT2D eigenvalue weighted by atomic mass is 9.70. The third-order valence-corrected chi connectivity index (χ3v) is 3.67. The van der Waals surface area contributed by atoms with Crippen molar-refractivity contribution in [3.8, 4) is 0 Å². The van der Waals surface area contributed by atoms with Crippen molar-refractivity contribution < 1.29 is 9.53 Å². The van der Waals surface area contributed by atoms with Crippen LogP contribution in [0.3, 0.4) is 0 Å².